The van der Waals surface area contributed by atoms with Gasteiger partial charge in [-0.2, -0.15) is 0 Å². The Morgan fingerprint density at radius 1 is 1.06 bits per heavy atom. The quantitative estimate of drug-likeness (QED) is 0.663. The molecule has 0 radical (unpaired) electrons. The average Bonchev–Trinajstić information content (AvgIpc) is 2.74. The lowest BCUT2D eigenvalue weighted by Crippen LogP contribution is -1.84. The number of rotatable bonds is 1. The Kier molecular flexibility index (Phi) is 2.63. The minimum atomic E-state index is -0.360. The Morgan fingerprint density at radius 2 is 1.89 bits per heavy atom. The molecule has 0 atom stereocenters. The lowest BCUT2D eigenvalue weighted by Gasteiger charge is -1.99. The maximum Gasteiger partial charge on any atom is 0.139 e. The molecule has 3 aromatic rings. The van der Waals surface area contributed by atoms with Gasteiger partial charge in [0.05, 0.1) is 5.69 Å². The molecule has 18 heavy (non-hydrogen) atoms. The minimum absolute atomic E-state index is 0.359. The molecule has 0 bridgehead atoms. The van der Waals surface area contributed by atoms with Crippen LogP contribution in [0, 0.1) is 11.6 Å². The van der Waals surface area contributed by atoms with E-state index in [9.17, 15) is 8.78 Å². The van der Waals surface area contributed by atoms with Crippen LogP contribution >= 0.6 is 15.9 Å². The van der Waals surface area contributed by atoms with Crippen molar-refractivity contribution in [3.63, 3.8) is 0 Å². The highest BCUT2D eigenvalue weighted by Crippen LogP contribution is 2.25. The van der Waals surface area contributed by atoms with Gasteiger partial charge in [-0.05, 0) is 30.3 Å². The van der Waals surface area contributed by atoms with Gasteiger partial charge in [0.15, 0.2) is 0 Å². The normalized spacial score (nSPS) is 11.1. The van der Waals surface area contributed by atoms with Crippen LogP contribution in [-0.2, 0) is 0 Å². The van der Waals surface area contributed by atoms with E-state index in [1.165, 1.54) is 22.7 Å². The number of benzene rings is 1. The molecule has 3 rings (SSSR count). The van der Waals surface area contributed by atoms with Crippen LogP contribution in [0.2, 0.25) is 0 Å². The van der Waals surface area contributed by atoms with Gasteiger partial charge in [-0.3, -0.25) is 0 Å². The van der Waals surface area contributed by atoms with Gasteiger partial charge in [-0.1, -0.05) is 15.9 Å². The molecule has 0 unspecified atom stereocenters. The number of hydrogen-bond acceptors (Lipinski definition) is 1. The van der Waals surface area contributed by atoms with Gasteiger partial charge >= 0.3 is 0 Å². The lowest BCUT2D eigenvalue weighted by atomic mass is 10.1. The fraction of sp³-hybridized carbons (Fsp3) is 0. The van der Waals surface area contributed by atoms with Crippen LogP contribution in [0.25, 0.3) is 16.9 Å². The SMILES string of the molecule is Fc1ccc2nc(-c3cc(Br)ccc3F)cn2c1. The molecule has 90 valence electrons. The van der Waals surface area contributed by atoms with E-state index in [-0.39, 0.29) is 11.6 Å². The first-order valence-electron chi connectivity index (χ1n) is 5.23. The number of aromatic nitrogens is 2. The first-order valence-corrected chi connectivity index (χ1v) is 6.02. The number of hydrogen-bond donors (Lipinski definition) is 0. The van der Waals surface area contributed by atoms with Gasteiger partial charge in [-0.15, -0.1) is 0 Å². The molecule has 0 aliphatic carbocycles. The summed E-state index contributed by atoms with van der Waals surface area (Å²) < 4.78 is 29.1. The minimum Gasteiger partial charge on any atom is -0.304 e. The Morgan fingerprint density at radius 3 is 2.72 bits per heavy atom. The highest BCUT2D eigenvalue weighted by molar-refractivity contribution is 9.10. The Bertz CT molecular complexity index is 737. The largest absolute Gasteiger partial charge is 0.304 e. The third-order valence-corrected chi connectivity index (χ3v) is 3.11. The molecule has 1 aromatic carbocycles. The van der Waals surface area contributed by atoms with Crippen LogP contribution in [0.3, 0.4) is 0 Å². The second kappa shape index (κ2) is 4.17. The van der Waals surface area contributed by atoms with E-state index in [4.69, 9.17) is 0 Å². The molecule has 0 spiro atoms. The zero-order valence-electron chi connectivity index (χ0n) is 9.07. The number of imidazole rings is 1. The second-order valence-electron chi connectivity index (χ2n) is 3.86. The molecule has 0 aliphatic rings. The Labute approximate surface area is 110 Å². The van der Waals surface area contributed by atoms with Crippen molar-refractivity contribution < 1.29 is 8.78 Å². The van der Waals surface area contributed by atoms with E-state index in [0.717, 1.165) is 4.47 Å². The third-order valence-electron chi connectivity index (χ3n) is 2.62. The van der Waals surface area contributed by atoms with Crippen molar-refractivity contribution in [2.24, 2.45) is 0 Å². The average molecular weight is 309 g/mol. The first kappa shape index (κ1) is 11.3. The van der Waals surface area contributed by atoms with Crippen LogP contribution < -0.4 is 0 Å². The number of nitrogens with zero attached hydrogens (tertiary/aromatic N) is 2. The summed E-state index contributed by atoms with van der Waals surface area (Å²) in [6.07, 6.45) is 2.91. The molecule has 0 fully saturated rings. The fourth-order valence-corrected chi connectivity index (χ4v) is 2.15. The van der Waals surface area contributed by atoms with Crippen molar-refractivity contribution in [3.8, 4) is 11.3 Å². The predicted octanol–water partition coefficient (Wildman–Crippen LogP) is 4.04. The molecule has 0 N–H and O–H groups in total. The van der Waals surface area contributed by atoms with E-state index in [1.807, 2.05) is 0 Å². The molecular formula is C13H7BrF2N2. The standard InChI is InChI=1S/C13H7BrF2N2/c14-8-1-3-11(16)10(5-8)12-7-18-6-9(15)2-4-13(18)17-12/h1-7H. The summed E-state index contributed by atoms with van der Waals surface area (Å²) in [5.41, 5.74) is 1.43. The highest BCUT2D eigenvalue weighted by Gasteiger charge is 2.10. The highest BCUT2D eigenvalue weighted by atomic mass is 79.9. The first-order chi connectivity index (χ1) is 8.63. The smallest absolute Gasteiger partial charge is 0.139 e. The maximum absolute atomic E-state index is 13.7. The molecule has 2 nitrogen and oxygen atoms in total. The Hall–Kier alpha value is -1.75. The molecule has 0 amide bonds. The summed E-state index contributed by atoms with van der Waals surface area (Å²) in [4.78, 5) is 4.26. The van der Waals surface area contributed by atoms with Gasteiger partial charge in [0.25, 0.3) is 0 Å². The number of fused-ring (bicyclic) bond motifs is 1. The molecule has 0 saturated heterocycles. The van der Waals surface area contributed by atoms with E-state index in [1.54, 1.807) is 24.4 Å². The number of pyridine rings is 1. The van der Waals surface area contributed by atoms with Crippen molar-refractivity contribution >= 4 is 21.6 Å². The molecule has 0 saturated carbocycles. The summed E-state index contributed by atoms with van der Waals surface area (Å²) >= 11 is 3.29. The van der Waals surface area contributed by atoms with Crippen LogP contribution in [0.4, 0.5) is 8.78 Å². The summed E-state index contributed by atoms with van der Waals surface area (Å²) in [7, 11) is 0. The summed E-state index contributed by atoms with van der Waals surface area (Å²) in [6.45, 7) is 0. The van der Waals surface area contributed by atoms with Crippen LogP contribution in [0.1, 0.15) is 0 Å². The van der Waals surface area contributed by atoms with Gasteiger partial charge < -0.3 is 4.40 Å². The summed E-state index contributed by atoms with van der Waals surface area (Å²) in [6, 6.07) is 7.50. The Balaban J connectivity index is 2.22. The summed E-state index contributed by atoms with van der Waals surface area (Å²) in [5, 5.41) is 0. The van der Waals surface area contributed by atoms with Crippen molar-refractivity contribution in [2.45, 2.75) is 0 Å². The monoisotopic (exact) mass is 308 g/mol. The predicted molar refractivity (Wildman–Crippen MR) is 68.2 cm³/mol. The molecular weight excluding hydrogens is 302 g/mol. The maximum atomic E-state index is 13.7. The van der Waals surface area contributed by atoms with Crippen LogP contribution in [-0.4, -0.2) is 9.38 Å². The van der Waals surface area contributed by atoms with Gasteiger partial charge in [0, 0.05) is 22.4 Å². The lowest BCUT2D eigenvalue weighted by molar-refractivity contribution is 0.619. The van der Waals surface area contributed by atoms with Crippen molar-refractivity contribution in [2.75, 3.05) is 0 Å². The fourth-order valence-electron chi connectivity index (χ4n) is 1.79. The molecule has 2 aromatic heterocycles. The van der Waals surface area contributed by atoms with Gasteiger partial charge in [0.2, 0.25) is 0 Å². The zero-order chi connectivity index (χ0) is 12.7. The van der Waals surface area contributed by atoms with Gasteiger partial charge in [-0.25, -0.2) is 13.8 Å². The third kappa shape index (κ3) is 1.90. The topological polar surface area (TPSA) is 17.3 Å². The number of halogens is 3. The van der Waals surface area contributed by atoms with Crippen molar-refractivity contribution in [1.29, 1.82) is 0 Å². The van der Waals surface area contributed by atoms with Crippen LogP contribution in [0.5, 0.6) is 0 Å². The van der Waals surface area contributed by atoms with E-state index >= 15 is 0 Å². The summed E-state index contributed by atoms with van der Waals surface area (Å²) in [5.74, 6) is -0.719. The molecule has 5 heteroatoms. The van der Waals surface area contributed by atoms with Crippen molar-refractivity contribution in [1.82, 2.24) is 9.38 Å². The van der Waals surface area contributed by atoms with Gasteiger partial charge in [0.1, 0.15) is 17.3 Å². The van der Waals surface area contributed by atoms with Crippen LogP contribution in [0.15, 0.2) is 47.2 Å². The van der Waals surface area contributed by atoms with E-state index in [2.05, 4.69) is 20.9 Å². The van der Waals surface area contributed by atoms with Crippen molar-refractivity contribution in [3.05, 3.63) is 58.8 Å². The zero-order valence-corrected chi connectivity index (χ0v) is 10.7. The molecule has 2 heterocycles. The second-order valence-corrected chi connectivity index (χ2v) is 4.78. The molecule has 0 aliphatic heterocycles. The van der Waals surface area contributed by atoms with E-state index in [0.29, 0.717) is 16.9 Å². The van der Waals surface area contributed by atoms with E-state index < -0.39 is 0 Å².